The Morgan fingerprint density at radius 2 is 1.50 bits per heavy atom. The lowest BCUT2D eigenvalue weighted by Crippen LogP contribution is -2.31. The SMILES string of the molecule is c1ccc(CCN=c2oc(C(NCc3ccccc3)C3CCCCC3)nc3ccccc23)cc1. The minimum absolute atomic E-state index is 0.0770. The van der Waals surface area contributed by atoms with Gasteiger partial charge in [-0.1, -0.05) is 92.1 Å². The Hall–Kier alpha value is -3.24. The molecular formula is C30H33N3O. The van der Waals surface area contributed by atoms with Crippen molar-refractivity contribution < 1.29 is 4.42 Å². The Balaban J connectivity index is 1.47. The molecule has 4 aromatic rings. The van der Waals surface area contributed by atoms with Crippen LogP contribution in [0.15, 0.2) is 94.3 Å². The van der Waals surface area contributed by atoms with Gasteiger partial charge in [-0.15, -0.1) is 0 Å². The number of aromatic nitrogens is 1. The maximum absolute atomic E-state index is 6.49. The van der Waals surface area contributed by atoms with Crippen molar-refractivity contribution in [1.29, 1.82) is 0 Å². The summed E-state index contributed by atoms with van der Waals surface area (Å²) >= 11 is 0. The second-order valence-corrected chi connectivity index (χ2v) is 9.23. The fourth-order valence-corrected chi connectivity index (χ4v) is 4.98. The third-order valence-corrected chi connectivity index (χ3v) is 6.82. The Morgan fingerprint density at radius 1 is 0.824 bits per heavy atom. The fourth-order valence-electron chi connectivity index (χ4n) is 4.98. The number of nitrogens with one attached hydrogen (secondary N) is 1. The molecular weight excluding hydrogens is 418 g/mol. The van der Waals surface area contributed by atoms with E-state index in [-0.39, 0.29) is 6.04 Å². The van der Waals surface area contributed by atoms with Crippen molar-refractivity contribution in [3.05, 3.63) is 108 Å². The van der Waals surface area contributed by atoms with Gasteiger partial charge in [-0.3, -0.25) is 4.99 Å². The maximum Gasteiger partial charge on any atom is 0.225 e. The quantitative estimate of drug-likeness (QED) is 0.338. The minimum atomic E-state index is 0.0770. The molecule has 1 unspecified atom stereocenters. The highest BCUT2D eigenvalue weighted by Crippen LogP contribution is 2.34. The van der Waals surface area contributed by atoms with Crippen molar-refractivity contribution in [2.75, 3.05) is 6.54 Å². The van der Waals surface area contributed by atoms with E-state index in [9.17, 15) is 0 Å². The molecule has 0 bridgehead atoms. The summed E-state index contributed by atoms with van der Waals surface area (Å²) in [5, 5.41) is 4.77. The van der Waals surface area contributed by atoms with Crippen LogP contribution in [0.2, 0.25) is 0 Å². The van der Waals surface area contributed by atoms with E-state index >= 15 is 0 Å². The number of hydrogen-bond donors (Lipinski definition) is 1. The molecule has 1 aromatic heterocycles. The molecule has 1 aliphatic carbocycles. The zero-order chi connectivity index (χ0) is 23.0. The van der Waals surface area contributed by atoms with Gasteiger partial charge in [0.15, 0.2) is 0 Å². The zero-order valence-electron chi connectivity index (χ0n) is 19.7. The highest BCUT2D eigenvalue weighted by Gasteiger charge is 2.28. The number of para-hydroxylation sites is 1. The molecule has 3 aromatic carbocycles. The van der Waals surface area contributed by atoms with Gasteiger partial charge in [0.1, 0.15) is 0 Å². The molecule has 1 heterocycles. The lowest BCUT2D eigenvalue weighted by molar-refractivity contribution is 0.228. The van der Waals surface area contributed by atoms with Crippen molar-refractivity contribution >= 4 is 10.9 Å². The molecule has 5 rings (SSSR count). The van der Waals surface area contributed by atoms with Gasteiger partial charge in [-0.05, 0) is 48.4 Å². The molecule has 1 N–H and O–H groups in total. The van der Waals surface area contributed by atoms with Crippen molar-refractivity contribution in [1.82, 2.24) is 10.3 Å². The molecule has 1 saturated carbocycles. The van der Waals surface area contributed by atoms with E-state index in [0.29, 0.717) is 18.0 Å². The predicted molar refractivity (Wildman–Crippen MR) is 137 cm³/mol. The normalized spacial score (nSPS) is 16.1. The van der Waals surface area contributed by atoms with E-state index in [1.54, 1.807) is 0 Å². The molecule has 1 fully saturated rings. The first-order valence-corrected chi connectivity index (χ1v) is 12.6. The van der Waals surface area contributed by atoms with Gasteiger partial charge in [0.05, 0.1) is 16.9 Å². The summed E-state index contributed by atoms with van der Waals surface area (Å²) in [7, 11) is 0. The van der Waals surface area contributed by atoms with Gasteiger partial charge in [0.25, 0.3) is 0 Å². The average molecular weight is 452 g/mol. The lowest BCUT2D eigenvalue weighted by atomic mass is 9.83. The monoisotopic (exact) mass is 451 g/mol. The second-order valence-electron chi connectivity index (χ2n) is 9.23. The molecule has 0 radical (unpaired) electrons. The third kappa shape index (κ3) is 5.63. The summed E-state index contributed by atoms with van der Waals surface area (Å²) in [5.41, 5.74) is 4.20. The highest BCUT2D eigenvalue weighted by atomic mass is 16.3. The number of rotatable bonds is 8. The van der Waals surface area contributed by atoms with Crippen LogP contribution >= 0.6 is 0 Å². The van der Waals surface area contributed by atoms with Crippen LogP contribution in [0.5, 0.6) is 0 Å². The maximum atomic E-state index is 6.49. The Kier molecular flexibility index (Phi) is 7.47. The fraction of sp³-hybridized carbons (Fsp3) is 0.333. The largest absolute Gasteiger partial charge is 0.423 e. The van der Waals surface area contributed by atoms with E-state index < -0.39 is 0 Å². The number of hydrogen-bond acceptors (Lipinski definition) is 4. The van der Waals surface area contributed by atoms with Crippen LogP contribution in [0, 0.1) is 5.92 Å². The number of fused-ring (bicyclic) bond motifs is 1. The Bertz CT molecular complexity index is 1240. The van der Waals surface area contributed by atoms with Crippen molar-refractivity contribution in [2.45, 2.75) is 51.1 Å². The molecule has 0 spiro atoms. The molecule has 0 amide bonds. The van der Waals surface area contributed by atoms with E-state index in [1.165, 1.54) is 43.2 Å². The van der Waals surface area contributed by atoms with Crippen LogP contribution in [-0.2, 0) is 13.0 Å². The molecule has 34 heavy (non-hydrogen) atoms. The predicted octanol–water partition coefficient (Wildman–Crippen LogP) is 6.38. The van der Waals surface area contributed by atoms with E-state index in [4.69, 9.17) is 14.4 Å². The van der Waals surface area contributed by atoms with Gasteiger partial charge in [-0.25, -0.2) is 4.98 Å². The third-order valence-electron chi connectivity index (χ3n) is 6.82. The first kappa shape index (κ1) is 22.5. The van der Waals surface area contributed by atoms with Gasteiger partial charge >= 0.3 is 0 Å². The van der Waals surface area contributed by atoms with Crippen molar-refractivity contribution in [3.8, 4) is 0 Å². The molecule has 1 atom stereocenters. The molecule has 174 valence electrons. The van der Waals surface area contributed by atoms with Crippen LogP contribution in [0.3, 0.4) is 0 Å². The minimum Gasteiger partial charge on any atom is -0.423 e. The summed E-state index contributed by atoms with van der Waals surface area (Å²) in [6, 6.07) is 29.4. The Morgan fingerprint density at radius 3 is 2.26 bits per heavy atom. The van der Waals surface area contributed by atoms with Crippen LogP contribution < -0.4 is 10.9 Å². The van der Waals surface area contributed by atoms with Crippen LogP contribution in [-0.4, -0.2) is 11.5 Å². The first-order valence-electron chi connectivity index (χ1n) is 12.6. The summed E-state index contributed by atoms with van der Waals surface area (Å²) < 4.78 is 6.49. The summed E-state index contributed by atoms with van der Waals surface area (Å²) in [6.07, 6.45) is 7.17. The smallest absolute Gasteiger partial charge is 0.225 e. The highest BCUT2D eigenvalue weighted by molar-refractivity contribution is 5.76. The molecule has 0 saturated heterocycles. The van der Waals surface area contributed by atoms with Crippen LogP contribution in [0.1, 0.15) is 55.2 Å². The zero-order valence-corrected chi connectivity index (χ0v) is 19.7. The van der Waals surface area contributed by atoms with Crippen LogP contribution in [0.25, 0.3) is 10.9 Å². The van der Waals surface area contributed by atoms with Gasteiger partial charge in [0, 0.05) is 13.1 Å². The van der Waals surface area contributed by atoms with Crippen LogP contribution in [0.4, 0.5) is 0 Å². The molecule has 4 heteroatoms. The average Bonchev–Trinajstić information content (AvgIpc) is 2.91. The van der Waals surface area contributed by atoms with Crippen molar-refractivity contribution in [3.63, 3.8) is 0 Å². The standard InChI is InChI=1S/C30H33N3O/c1-4-12-23(13-5-1)20-21-31-29-26-18-10-11-19-27(26)33-30(34-29)28(25-16-8-3-9-17-25)32-22-24-14-6-2-7-15-24/h1-2,4-7,10-15,18-19,25,28,32H,3,8-9,16-17,20-22H2. The van der Waals surface area contributed by atoms with E-state index in [2.05, 4.69) is 72.0 Å². The summed E-state index contributed by atoms with van der Waals surface area (Å²) in [6.45, 7) is 1.49. The van der Waals surface area contributed by atoms with Crippen molar-refractivity contribution in [2.24, 2.45) is 10.9 Å². The molecule has 4 nitrogen and oxygen atoms in total. The lowest BCUT2D eigenvalue weighted by Gasteiger charge is -2.29. The van der Waals surface area contributed by atoms with E-state index in [1.807, 2.05) is 18.2 Å². The van der Waals surface area contributed by atoms with Gasteiger partial charge < -0.3 is 9.73 Å². The van der Waals surface area contributed by atoms with Gasteiger partial charge in [-0.2, -0.15) is 0 Å². The first-order chi connectivity index (χ1) is 16.9. The second kappa shape index (κ2) is 11.3. The van der Waals surface area contributed by atoms with Gasteiger partial charge in [0.2, 0.25) is 11.4 Å². The number of nitrogens with zero attached hydrogens (tertiary/aromatic N) is 2. The molecule has 1 aliphatic rings. The topological polar surface area (TPSA) is 50.4 Å². The van der Waals surface area contributed by atoms with E-state index in [0.717, 1.165) is 29.8 Å². The number of benzene rings is 3. The summed E-state index contributed by atoms with van der Waals surface area (Å²) in [4.78, 5) is 9.90. The summed E-state index contributed by atoms with van der Waals surface area (Å²) in [5.74, 6) is 1.28. The Labute approximate surface area is 201 Å². The molecule has 0 aliphatic heterocycles.